The number of thioether (sulfide) groups is 1. The van der Waals surface area contributed by atoms with Gasteiger partial charge in [-0.05, 0) is 19.6 Å². The van der Waals surface area contributed by atoms with Crippen molar-refractivity contribution >= 4 is 37.4 Å². The second-order valence-electron chi connectivity index (χ2n) is 3.32. The third-order valence-corrected chi connectivity index (χ3v) is 3.93. The lowest BCUT2D eigenvalue weighted by Gasteiger charge is -2.22. The highest BCUT2D eigenvalue weighted by Gasteiger charge is 2.37. The van der Waals surface area contributed by atoms with Crippen LogP contribution in [0.5, 0.6) is 0 Å². The second-order valence-corrected chi connectivity index (χ2v) is 5.74. The first-order valence-corrected chi connectivity index (χ1v) is 6.02. The Labute approximate surface area is 93.7 Å². The standard InChI is InChI=1S/C7H14BNO3S2/c1-7(13,14-2)6(10)9-5-3-4-12-8(5)11/h5,11,13H,3-4H2,1-2H3,(H,9,10). The van der Waals surface area contributed by atoms with Gasteiger partial charge in [-0.1, -0.05) is 0 Å². The van der Waals surface area contributed by atoms with Crippen molar-refractivity contribution in [2.75, 3.05) is 12.9 Å². The molecule has 1 aliphatic rings. The first-order chi connectivity index (χ1) is 6.47. The first kappa shape index (κ1) is 12.2. The molecular weight excluding hydrogens is 221 g/mol. The topological polar surface area (TPSA) is 58.6 Å². The molecule has 80 valence electrons. The van der Waals surface area contributed by atoms with Crippen LogP contribution >= 0.6 is 24.4 Å². The lowest BCUT2D eigenvalue weighted by molar-refractivity contribution is -0.121. The third kappa shape index (κ3) is 2.82. The molecule has 7 heteroatoms. The average molecular weight is 235 g/mol. The average Bonchev–Trinajstić information content (AvgIpc) is 2.52. The van der Waals surface area contributed by atoms with Gasteiger partial charge in [-0.25, -0.2) is 0 Å². The van der Waals surface area contributed by atoms with Crippen molar-refractivity contribution in [3.63, 3.8) is 0 Å². The van der Waals surface area contributed by atoms with Crippen LogP contribution in [0.15, 0.2) is 0 Å². The molecule has 0 bridgehead atoms. The second kappa shape index (κ2) is 4.78. The minimum absolute atomic E-state index is 0.192. The highest BCUT2D eigenvalue weighted by atomic mass is 32.2. The number of nitrogens with one attached hydrogen (secondary N) is 1. The quantitative estimate of drug-likeness (QED) is 0.364. The van der Waals surface area contributed by atoms with Crippen LogP contribution in [0.25, 0.3) is 0 Å². The van der Waals surface area contributed by atoms with E-state index in [1.165, 1.54) is 11.8 Å². The zero-order chi connectivity index (χ0) is 10.8. The van der Waals surface area contributed by atoms with E-state index in [0.717, 1.165) is 0 Å². The van der Waals surface area contributed by atoms with E-state index < -0.39 is 11.2 Å². The third-order valence-electron chi connectivity index (χ3n) is 2.20. The summed E-state index contributed by atoms with van der Waals surface area (Å²) >= 11 is 5.56. The number of thiol groups is 1. The summed E-state index contributed by atoms with van der Waals surface area (Å²) in [5.74, 6) is -0.496. The van der Waals surface area contributed by atoms with Gasteiger partial charge in [-0.2, -0.15) is 12.6 Å². The fraction of sp³-hybridized carbons (Fsp3) is 0.857. The Hall–Kier alpha value is 0.155. The summed E-state index contributed by atoms with van der Waals surface area (Å²) in [4.78, 5) is 11.6. The monoisotopic (exact) mass is 235 g/mol. The number of amides is 1. The number of carbonyl (C=O) groups is 1. The molecule has 2 N–H and O–H groups in total. The van der Waals surface area contributed by atoms with Crippen molar-refractivity contribution in [3.05, 3.63) is 0 Å². The molecular formula is C7H14BNO3S2. The summed E-state index contributed by atoms with van der Waals surface area (Å²) in [5.41, 5.74) is 0. The van der Waals surface area contributed by atoms with Crippen LogP contribution in [0.2, 0.25) is 0 Å². The molecule has 0 saturated carbocycles. The minimum Gasteiger partial charge on any atom is -0.426 e. The van der Waals surface area contributed by atoms with Gasteiger partial charge in [-0.15, -0.1) is 11.8 Å². The normalized spacial score (nSPS) is 26.0. The van der Waals surface area contributed by atoms with Gasteiger partial charge in [0.15, 0.2) is 0 Å². The molecule has 2 unspecified atom stereocenters. The van der Waals surface area contributed by atoms with Crippen LogP contribution in [0, 0.1) is 0 Å². The Morgan fingerprint density at radius 1 is 1.86 bits per heavy atom. The van der Waals surface area contributed by atoms with Crippen LogP contribution in [-0.2, 0) is 9.45 Å². The largest absolute Gasteiger partial charge is 0.478 e. The van der Waals surface area contributed by atoms with Gasteiger partial charge < -0.3 is 15.0 Å². The fourth-order valence-corrected chi connectivity index (χ4v) is 1.42. The summed E-state index contributed by atoms with van der Waals surface area (Å²) < 4.78 is 4.16. The van der Waals surface area contributed by atoms with E-state index in [4.69, 9.17) is 4.65 Å². The lowest BCUT2D eigenvalue weighted by Crippen LogP contribution is -2.48. The minimum atomic E-state index is -0.884. The number of hydrogen-bond donors (Lipinski definition) is 3. The van der Waals surface area contributed by atoms with Crippen LogP contribution < -0.4 is 5.32 Å². The van der Waals surface area contributed by atoms with Crippen LogP contribution in [-0.4, -0.2) is 40.9 Å². The zero-order valence-electron chi connectivity index (χ0n) is 8.19. The zero-order valence-corrected chi connectivity index (χ0v) is 9.90. The van der Waals surface area contributed by atoms with E-state index in [9.17, 15) is 9.82 Å². The van der Waals surface area contributed by atoms with Crippen molar-refractivity contribution in [1.82, 2.24) is 5.32 Å². The molecule has 14 heavy (non-hydrogen) atoms. The molecule has 0 aromatic carbocycles. The molecule has 1 fully saturated rings. The van der Waals surface area contributed by atoms with Crippen molar-refractivity contribution < 1.29 is 14.5 Å². The number of carbonyl (C=O) groups excluding carboxylic acids is 1. The Balaban J connectivity index is 2.48. The molecule has 1 aliphatic heterocycles. The fourth-order valence-electron chi connectivity index (χ4n) is 1.11. The Kier molecular flexibility index (Phi) is 4.18. The lowest BCUT2D eigenvalue weighted by atomic mass is 9.80. The van der Waals surface area contributed by atoms with Gasteiger partial charge in [0.1, 0.15) is 4.08 Å². The maximum absolute atomic E-state index is 11.6. The van der Waals surface area contributed by atoms with Gasteiger partial charge >= 0.3 is 7.12 Å². The molecule has 0 radical (unpaired) electrons. The van der Waals surface area contributed by atoms with Gasteiger partial charge in [-0.3, -0.25) is 4.79 Å². The molecule has 1 saturated heterocycles. The summed E-state index contributed by atoms with van der Waals surface area (Å²) in [6.07, 6.45) is 2.46. The smallest absolute Gasteiger partial charge is 0.426 e. The van der Waals surface area contributed by atoms with E-state index in [1.54, 1.807) is 6.92 Å². The highest BCUT2D eigenvalue weighted by molar-refractivity contribution is 8.12. The van der Waals surface area contributed by atoms with Crippen LogP contribution in [0.3, 0.4) is 0 Å². The maximum atomic E-state index is 11.6. The molecule has 1 heterocycles. The molecule has 1 rings (SSSR count). The van der Waals surface area contributed by atoms with E-state index in [1.807, 2.05) is 6.26 Å². The molecule has 0 aliphatic carbocycles. The molecule has 0 spiro atoms. The van der Waals surface area contributed by atoms with Crippen molar-refractivity contribution in [1.29, 1.82) is 0 Å². The van der Waals surface area contributed by atoms with Crippen LogP contribution in [0.1, 0.15) is 13.3 Å². The van der Waals surface area contributed by atoms with Gasteiger partial charge in [0, 0.05) is 6.61 Å². The number of hydrogen-bond acceptors (Lipinski definition) is 5. The van der Waals surface area contributed by atoms with Crippen molar-refractivity contribution in [2.24, 2.45) is 0 Å². The summed E-state index contributed by atoms with van der Waals surface area (Å²) in [5, 5.41) is 12.0. The highest BCUT2D eigenvalue weighted by Crippen LogP contribution is 2.27. The SMILES string of the molecule is CSC(C)(S)C(=O)NC1CCOB1O. The maximum Gasteiger partial charge on any atom is 0.478 e. The van der Waals surface area contributed by atoms with Crippen LogP contribution in [0.4, 0.5) is 0 Å². The van der Waals surface area contributed by atoms with E-state index in [0.29, 0.717) is 13.0 Å². The van der Waals surface area contributed by atoms with Crippen molar-refractivity contribution in [3.8, 4) is 0 Å². The van der Waals surface area contributed by atoms with Gasteiger partial charge in [0.25, 0.3) is 0 Å². The predicted octanol–water partition coefficient (Wildman–Crippen LogP) is -0.0798. The Morgan fingerprint density at radius 3 is 2.93 bits per heavy atom. The summed E-state index contributed by atoms with van der Waals surface area (Å²) in [6.45, 7) is 2.20. The van der Waals surface area contributed by atoms with Gasteiger partial charge in [0.05, 0.1) is 5.94 Å². The molecule has 0 aromatic heterocycles. The molecule has 4 nitrogen and oxygen atoms in total. The van der Waals surface area contributed by atoms with E-state index in [2.05, 4.69) is 17.9 Å². The van der Waals surface area contributed by atoms with Gasteiger partial charge in [0.2, 0.25) is 5.91 Å². The van der Waals surface area contributed by atoms with Crippen molar-refractivity contribution in [2.45, 2.75) is 23.4 Å². The van der Waals surface area contributed by atoms with E-state index in [-0.39, 0.29) is 11.8 Å². The summed E-state index contributed by atoms with van der Waals surface area (Å²) in [6, 6.07) is 0. The molecule has 0 aromatic rings. The number of rotatable bonds is 3. The Bertz CT molecular complexity index is 227. The first-order valence-electron chi connectivity index (χ1n) is 4.35. The van der Waals surface area contributed by atoms with E-state index >= 15 is 0 Å². The Morgan fingerprint density at radius 2 is 2.50 bits per heavy atom. The molecule has 2 atom stereocenters. The predicted molar refractivity (Wildman–Crippen MR) is 61.4 cm³/mol. The molecule has 1 amide bonds. The summed E-state index contributed by atoms with van der Waals surface area (Å²) in [7, 11) is -0.884.